The highest BCUT2D eigenvalue weighted by molar-refractivity contribution is 4.64. The maximum atomic E-state index is 5.26. The van der Waals surface area contributed by atoms with Crippen LogP contribution < -0.4 is 5.73 Å². The first kappa shape index (κ1) is 8.88. The van der Waals surface area contributed by atoms with Crippen LogP contribution in [0.3, 0.4) is 0 Å². The van der Waals surface area contributed by atoms with E-state index in [9.17, 15) is 0 Å². The fourth-order valence-corrected chi connectivity index (χ4v) is 0.481. The molecule has 55 valence electrons. The van der Waals surface area contributed by atoms with Crippen LogP contribution in [0.25, 0.3) is 0 Å². The molecule has 0 aliphatic rings. The van der Waals surface area contributed by atoms with E-state index in [0.29, 0.717) is 26.0 Å². The van der Waals surface area contributed by atoms with E-state index < -0.39 is 0 Å². The normalized spacial score (nSPS) is 10.7. The average molecular weight is 132 g/mol. The van der Waals surface area contributed by atoms with Gasteiger partial charge in [0.05, 0.1) is 6.54 Å². The summed E-state index contributed by atoms with van der Waals surface area (Å²) < 4.78 is 10.0. The molecule has 0 spiro atoms. The average Bonchev–Trinajstić information content (AvgIpc) is 1.88. The SMILES string of the molecule is CCO[C](CN)OCC. The molecule has 3 nitrogen and oxygen atoms in total. The zero-order valence-corrected chi connectivity index (χ0v) is 6.02. The van der Waals surface area contributed by atoms with Crippen LogP contribution in [0.2, 0.25) is 0 Å². The van der Waals surface area contributed by atoms with Gasteiger partial charge in [0.1, 0.15) is 0 Å². The Morgan fingerprint density at radius 2 is 1.67 bits per heavy atom. The zero-order chi connectivity index (χ0) is 7.11. The zero-order valence-electron chi connectivity index (χ0n) is 6.02. The molecular formula is C6H14NO2. The third-order valence-electron chi connectivity index (χ3n) is 0.777. The van der Waals surface area contributed by atoms with Crippen molar-refractivity contribution in [3.8, 4) is 0 Å². The molecule has 3 heteroatoms. The van der Waals surface area contributed by atoms with E-state index in [2.05, 4.69) is 0 Å². The molecule has 0 saturated heterocycles. The Kier molecular flexibility index (Phi) is 5.93. The third kappa shape index (κ3) is 4.39. The Hall–Kier alpha value is -0.120. The van der Waals surface area contributed by atoms with Gasteiger partial charge >= 0.3 is 0 Å². The van der Waals surface area contributed by atoms with E-state index in [4.69, 9.17) is 15.2 Å². The van der Waals surface area contributed by atoms with Crippen LogP contribution in [-0.4, -0.2) is 19.8 Å². The van der Waals surface area contributed by atoms with Gasteiger partial charge in [-0.05, 0) is 13.8 Å². The van der Waals surface area contributed by atoms with Gasteiger partial charge in [-0.3, -0.25) is 0 Å². The first-order chi connectivity index (χ1) is 4.35. The number of nitrogens with two attached hydrogens (primary N) is 1. The lowest BCUT2D eigenvalue weighted by molar-refractivity contribution is -0.0331. The van der Waals surface area contributed by atoms with Crippen molar-refractivity contribution >= 4 is 0 Å². The fraction of sp³-hybridized carbons (Fsp3) is 0.833. The van der Waals surface area contributed by atoms with Crippen molar-refractivity contribution in [3.63, 3.8) is 0 Å². The number of hydrogen-bond acceptors (Lipinski definition) is 3. The summed E-state index contributed by atoms with van der Waals surface area (Å²) in [6, 6.07) is 0. The van der Waals surface area contributed by atoms with Crippen LogP contribution in [0.15, 0.2) is 0 Å². The summed E-state index contributed by atoms with van der Waals surface area (Å²) in [5.41, 5.74) is 5.26. The summed E-state index contributed by atoms with van der Waals surface area (Å²) in [6.45, 7) is 5.38. The Balaban J connectivity index is 3.18. The standard InChI is InChI=1S/C6H14NO2/c1-3-8-6(5-7)9-4-2/h3-5,7H2,1-2H3. The molecule has 1 radical (unpaired) electrons. The van der Waals surface area contributed by atoms with E-state index >= 15 is 0 Å². The van der Waals surface area contributed by atoms with Gasteiger partial charge in [0, 0.05) is 13.2 Å². The van der Waals surface area contributed by atoms with Crippen LogP contribution in [0, 0.1) is 6.29 Å². The molecule has 0 amide bonds. The molecule has 0 aliphatic heterocycles. The number of rotatable bonds is 5. The molecule has 0 bridgehead atoms. The summed E-state index contributed by atoms with van der Waals surface area (Å²) >= 11 is 0. The molecule has 2 N–H and O–H groups in total. The van der Waals surface area contributed by atoms with Crippen molar-refractivity contribution < 1.29 is 9.47 Å². The molecular weight excluding hydrogens is 118 g/mol. The maximum Gasteiger partial charge on any atom is 0.237 e. The number of ether oxygens (including phenoxy) is 2. The summed E-state index contributed by atoms with van der Waals surface area (Å²) in [5, 5.41) is 0. The maximum absolute atomic E-state index is 5.26. The van der Waals surface area contributed by atoms with Crippen molar-refractivity contribution in [2.75, 3.05) is 19.8 Å². The minimum Gasteiger partial charge on any atom is -0.345 e. The van der Waals surface area contributed by atoms with Crippen LogP contribution in [0.5, 0.6) is 0 Å². The Morgan fingerprint density at radius 1 is 1.22 bits per heavy atom. The predicted molar refractivity (Wildman–Crippen MR) is 35.5 cm³/mol. The van der Waals surface area contributed by atoms with E-state index in [1.165, 1.54) is 0 Å². The summed E-state index contributed by atoms with van der Waals surface area (Å²) in [7, 11) is 0. The molecule has 0 fully saturated rings. The monoisotopic (exact) mass is 132 g/mol. The second-order valence-corrected chi connectivity index (χ2v) is 1.44. The van der Waals surface area contributed by atoms with Crippen LogP contribution in [0.1, 0.15) is 13.8 Å². The van der Waals surface area contributed by atoms with Crippen LogP contribution in [-0.2, 0) is 9.47 Å². The lowest BCUT2D eigenvalue weighted by Gasteiger charge is -2.11. The fourth-order valence-electron chi connectivity index (χ4n) is 0.481. The van der Waals surface area contributed by atoms with Gasteiger partial charge in [0.15, 0.2) is 0 Å². The van der Waals surface area contributed by atoms with E-state index in [-0.39, 0.29) is 0 Å². The van der Waals surface area contributed by atoms with Gasteiger partial charge < -0.3 is 15.2 Å². The van der Waals surface area contributed by atoms with Gasteiger partial charge in [-0.1, -0.05) is 0 Å². The smallest absolute Gasteiger partial charge is 0.237 e. The first-order valence-corrected chi connectivity index (χ1v) is 3.16. The molecule has 0 heterocycles. The van der Waals surface area contributed by atoms with Crippen LogP contribution in [0.4, 0.5) is 0 Å². The van der Waals surface area contributed by atoms with E-state index in [0.717, 1.165) is 0 Å². The molecule has 0 aromatic carbocycles. The first-order valence-electron chi connectivity index (χ1n) is 3.16. The lowest BCUT2D eigenvalue weighted by atomic mass is 10.6. The molecule has 0 unspecified atom stereocenters. The molecule has 0 atom stereocenters. The molecule has 0 rings (SSSR count). The van der Waals surface area contributed by atoms with Crippen LogP contribution >= 0.6 is 0 Å². The topological polar surface area (TPSA) is 44.5 Å². The van der Waals surface area contributed by atoms with Gasteiger partial charge in [0.25, 0.3) is 0 Å². The molecule has 0 aliphatic carbocycles. The van der Waals surface area contributed by atoms with Crippen molar-refractivity contribution in [2.45, 2.75) is 13.8 Å². The predicted octanol–water partition coefficient (Wildman–Crippen LogP) is 0.508. The van der Waals surface area contributed by atoms with Gasteiger partial charge in [-0.2, -0.15) is 0 Å². The van der Waals surface area contributed by atoms with Crippen molar-refractivity contribution in [2.24, 2.45) is 5.73 Å². The Bertz CT molecular complexity index is 53.0. The highest BCUT2D eigenvalue weighted by Gasteiger charge is 2.04. The Labute approximate surface area is 56.1 Å². The number of hydrogen-bond donors (Lipinski definition) is 1. The Morgan fingerprint density at radius 3 is 1.89 bits per heavy atom. The van der Waals surface area contributed by atoms with Gasteiger partial charge in [-0.25, -0.2) is 0 Å². The largest absolute Gasteiger partial charge is 0.345 e. The van der Waals surface area contributed by atoms with Crippen molar-refractivity contribution in [1.82, 2.24) is 0 Å². The van der Waals surface area contributed by atoms with Gasteiger partial charge in [-0.15, -0.1) is 0 Å². The summed E-state index contributed by atoms with van der Waals surface area (Å²) in [5.74, 6) is 0. The third-order valence-corrected chi connectivity index (χ3v) is 0.777. The van der Waals surface area contributed by atoms with Gasteiger partial charge in [0.2, 0.25) is 6.29 Å². The molecule has 9 heavy (non-hydrogen) atoms. The van der Waals surface area contributed by atoms with E-state index in [1.807, 2.05) is 13.8 Å². The highest BCUT2D eigenvalue weighted by atomic mass is 16.7. The minimum atomic E-state index is 0.349. The second-order valence-electron chi connectivity index (χ2n) is 1.44. The summed E-state index contributed by atoms with van der Waals surface area (Å²) in [4.78, 5) is 0. The van der Waals surface area contributed by atoms with E-state index in [1.54, 1.807) is 0 Å². The molecule has 0 aromatic rings. The minimum absolute atomic E-state index is 0.349. The summed E-state index contributed by atoms with van der Waals surface area (Å²) in [6.07, 6.45) is 0.528. The lowest BCUT2D eigenvalue weighted by Crippen LogP contribution is -2.18. The molecule has 0 aromatic heterocycles. The van der Waals surface area contributed by atoms with Crippen molar-refractivity contribution in [3.05, 3.63) is 6.29 Å². The van der Waals surface area contributed by atoms with Crippen molar-refractivity contribution in [1.29, 1.82) is 0 Å². The quantitative estimate of drug-likeness (QED) is 0.592. The highest BCUT2D eigenvalue weighted by Crippen LogP contribution is 2.00. The molecule has 0 saturated carbocycles. The second kappa shape index (κ2) is 6.01.